The van der Waals surface area contributed by atoms with Crippen LogP contribution in [0.15, 0.2) is 15.0 Å². The van der Waals surface area contributed by atoms with Crippen molar-refractivity contribution in [2.75, 3.05) is 0 Å². The Labute approximate surface area is 151 Å². The van der Waals surface area contributed by atoms with Crippen LogP contribution >= 0.6 is 31.9 Å². The van der Waals surface area contributed by atoms with Crippen molar-refractivity contribution in [3.63, 3.8) is 0 Å². The number of aryl methyl sites for hydroxylation is 1. The minimum absolute atomic E-state index is 0.157. The van der Waals surface area contributed by atoms with Crippen molar-refractivity contribution in [1.29, 1.82) is 0 Å². The van der Waals surface area contributed by atoms with Crippen LogP contribution in [0.4, 0.5) is 0 Å². The largest absolute Gasteiger partial charge is 0.384 e. The van der Waals surface area contributed by atoms with Crippen LogP contribution in [-0.2, 0) is 12.0 Å². The molecule has 0 saturated heterocycles. The lowest BCUT2D eigenvalue weighted by atomic mass is 9.66. The van der Waals surface area contributed by atoms with Crippen LogP contribution in [0.2, 0.25) is 0 Å². The number of fused-ring (bicyclic) bond motifs is 1. The van der Waals surface area contributed by atoms with Crippen LogP contribution in [-0.4, -0.2) is 5.11 Å². The first-order valence-electron chi connectivity index (χ1n) is 7.84. The van der Waals surface area contributed by atoms with Gasteiger partial charge < -0.3 is 5.11 Å². The molecule has 2 rings (SSSR count). The van der Waals surface area contributed by atoms with E-state index >= 15 is 0 Å². The summed E-state index contributed by atoms with van der Waals surface area (Å²) in [5, 5.41) is 11.9. The molecule has 120 valence electrons. The monoisotopic (exact) mass is 426 g/mol. The lowest BCUT2D eigenvalue weighted by Gasteiger charge is -2.44. The minimum Gasteiger partial charge on any atom is -0.384 e. The van der Waals surface area contributed by atoms with E-state index in [9.17, 15) is 5.11 Å². The third kappa shape index (κ3) is 2.58. The Bertz CT molecular complexity index is 627. The van der Waals surface area contributed by atoms with E-state index in [1.165, 1.54) is 5.56 Å². The fourth-order valence-electron chi connectivity index (χ4n) is 4.00. The standard InChI is InChI=1S/C19H24Br2O/c1-6-8-9-13(7-2)19(22)16-14(11-18(19,4)5)15(20)10-12(3)17(16)21/h1,10,13,22H,7-9,11H2,2-5H3. The molecule has 1 aromatic carbocycles. The van der Waals surface area contributed by atoms with Crippen molar-refractivity contribution in [1.82, 2.24) is 0 Å². The summed E-state index contributed by atoms with van der Waals surface area (Å²) in [4.78, 5) is 0. The summed E-state index contributed by atoms with van der Waals surface area (Å²) in [6, 6.07) is 2.13. The third-order valence-electron chi connectivity index (χ3n) is 5.25. The Balaban J connectivity index is 2.68. The van der Waals surface area contributed by atoms with E-state index in [1.54, 1.807) is 0 Å². The highest BCUT2D eigenvalue weighted by Gasteiger charge is 2.56. The highest BCUT2D eigenvalue weighted by atomic mass is 79.9. The first kappa shape index (κ1) is 18.0. The zero-order chi connectivity index (χ0) is 16.7. The van der Waals surface area contributed by atoms with E-state index in [-0.39, 0.29) is 11.3 Å². The van der Waals surface area contributed by atoms with Gasteiger partial charge in [-0.3, -0.25) is 0 Å². The maximum Gasteiger partial charge on any atom is 0.0992 e. The van der Waals surface area contributed by atoms with Gasteiger partial charge >= 0.3 is 0 Å². The van der Waals surface area contributed by atoms with Gasteiger partial charge in [-0.15, -0.1) is 12.3 Å². The average molecular weight is 428 g/mol. The number of benzene rings is 1. The summed E-state index contributed by atoms with van der Waals surface area (Å²) in [5.74, 6) is 2.89. The molecule has 1 N–H and O–H groups in total. The lowest BCUT2D eigenvalue weighted by molar-refractivity contribution is -0.111. The summed E-state index contributed by atoms with van der Waals surface area (Å²) in [6.07, 6.45) is 8.80. The quantitative estimate of drug-likeness (QED) is 0.608. The fraction of sp³-hybridized carbons (Fsp3) is 0.579. The second-order valence-electron chi connectivity index (χ2n) is 7.02. The molecule has 0 fully saturated rings. The predicted molar refractivity (Wildman–Crippen MR) is 99.8 cm³/mol. The van der Waals surface area contributed by atoms with Gasteiger partial charge in [-0.05, 0) is 42.9 Å². The van der Waals surface area contributed by atoms with Crippen LogP contribution in [0.3, 0.4) is 0 Å². The molecule has 0 amide bonds. The average Bonchev–Trinajstić information content (AvgIpc) is 2.66. The number of halogens is 2. The van der Waals surface area contributed by atoms with E-state index in [4.69, 9.17) is 6.42 Å². The Morgan fingerprint density at radius 3 is 2.59 bits per heavy atom. The zero-order valence-electron chi connectivity index (χ0n) is 13.8. The summed E-state index contributed by atoms with van der Waals surface area (Å²) < 4.78 is 2.14. The van der Waals surface area contributed by atoms with Gasteiger partial charge in [-0.1, -0.05) is 59.1 Å². The number of terminal acetylenes is 1. The van der Waals surface area contributed by atoms with Gasteiger partial charge in [0.05, 0.1) is 5.60 Å². The van der Waals surface area contributed by atoms with Crippen LogP contribution < -0.4 is 0 Å². The molecule has 0 heterocycles. The molecule has 1 aliphatic rings. The lowest BCUT2D eigenvalue weighted by Crippen LogP contribution is -2.45. The van der Waals surface area contributed by atoms with Crippen molar-refractivity contribution >= 4 is 31.9 Å². The highest BCUT2D eigenvalue weighted by molar-refractivity contribution is 9.11. The predicted octanol–water partition coefficient (Wildman–Crippen LogP) is 5.73. The molecule has 0 aliphatic heterocycles. The van der Waals surface area contributed by atoms with Crippen molar-refractivity contribution in [2.45, 2.75) is 59.0 Å². The first-order chi connectivity index (χ1) is 10.2. The summed E-state index contributed by atoms with van der Waals surface area (Å²) in [5.41, 5.74) is 2.36. The van der Waals surface area contributed by atoms with Crippen LogP contribution in [0.5, 0.6) is 0 Å². The minimum atomic E-state index is -0.860. The van der Waals surface area contributed by atoms with E-state index in [0.717, 1.165) is 39.3 Å². The smallest absolute Gasteiger partial charge is 0.0992 e. The van der Waals surface area contributed by atoms with Crippen molar-refractivity contribution in [2.24, 2.45) is 11.3 Å². The summed E-state index contributed by atoms with van der Waals surface area (Å²) in [7, 11) is 0. The summed E-state index contributed by atoms with van der Waals surface area (Å²) >= 11 is 7.43. The van der Waals surface area contributed by atoms with Crippen molar-refractivity contribution in [3.8, 4) is 12.3 Å². The molecule has 0 bridgehead atoms. The molecule has 0 saturated carbocycles. The highest BCUT2D eigenvalue weighted by Crippen LogP contribution is 2.59. The Morgan fingerprint density at radius 2 is 2.05 bits per heavy atom. The third-order valence-corrected chi connectivity index (χ3v) is 6.98. The van der Waals surface area contributed by atoms with Crippen LogP contribution in [0, 0.1) is 30.6 Å². The van der Waals surface area contributed by atoms with Crippen molar-refractivity contribution < 1.29 is 5.11 Å². The van der Waals surface area contributed by atoms with Gasteiger partial charge in [0.25, 0.3) is 0 Å². The van der Waals surface area contributed by atoms with Gasteiger partial charge in [0.15, 0.2) is 0 Å². The van der Waals surface area contributed by atoms with E-state index in [1.807, 2.05) is 0 Å². The van der Waals surface area contributed by atoms with Gasteiger partial charge in [0.1, 0.15) is 0 Å². The molecule has 22 heavy (non-hydrogen) atoms. The van der Waals surface area contributed by atoms with Crippen LogP contribution in [0.25, 0.3) is 0 Å². The number of rotatable bonds is 4. The van der Waals surface area contributed by atoms with Gasteiger partial charge in [-0.25, -0.2) is 0 Å². The second-order valence-corrected chi connectivity index (χ2v) is 8.67. The first-order valence-corrected chi connectivity index (χ1v) is 9.43. The molecule has 0 aromatic heterocycles. The maximum absolute atomic E-state index is 11.9. The number of hydrogen-bond acceptors (Lipinski definition) is 1. The molecule has 1 aromatic rings. The molecule has 1 nitrogen and oxygen atoms in total. The molecule has 2 unspecified atom stereocenters. The van der Waals surface area contributed by atoms with Gasteiger partial charge in [0, 0.05) is 26.3 Å². The molecular formula is C19H24Br2O. The van der Waals surface area contributed by atoms with Crippen LogP contribution in [0.1, 0.15) is 56.7 Å². The Kier molecular flexibility index (Phi) is 5.17. The Hall–Kier alpha value is -0.300. The Morgan fingerprint density at radius 1 is 1.41 bits per heavy atom. The number of hydrogen-bond donors (Lipinski definition) is 1. The SMILES string of the molecule is C#CCCC(CC)C1(O)c2c(Br)c(C)cc(Br)c2CC1(C)C. The molecule has 2 atom stereocenters. The second kappa shape index (κ2) is 6.30. The fourth-order valence-corrected chi connectivity index (χ4v) is 5.34. The molecule has 0 radical (unpaired) electrons. The zero-order valence-corrected chi connectivity index (χ0v) is 16.9. The van der Waals surface area contributed by atoms with E-state index in [2.05, 4.69) is 71.5 Å². The van der Waals surface area contributed by atoms with Gasteiger partial charge in [0.2, 0.25) is 0 Å². The van der Waals surface area contributed by atoms with E-state index in [0.29, 0.717) is 6.42 Å². The summed E-state index contributed by atoms with van der Waals surface area (Å²) in [6.45, 7) is 8.55. The van der Waals surface area contributed by atoms with E-state index < -0.39 is 5.60 Å². The molecule has 1 aliphatic carbocycles. The molecular weight excluding hydrogens is 404 g/mol. The normalized spacial score (nSPS) is 23.9. The topological polar surface area (TPSA) is 20.2 Å². The molecule has 3 heteroatoms. The maximum atomic E-state index is 11.9. The van der Waals surface area contributed by atoms with Crippen molar-refractivity contribution in [3.05, 3.63) is 31.7 Å². The number of aliphatic hydroxyl groups is 1. The molecule has 0 spiro atoms. The van der Waals surface area contributed by atoms with Gasteiger partial charge in [-0.2, -0.15) is 0 Å².